The third kappa shape index (κ3) is 4.40. The molecule has 0 N–H and O–H groups in total. The number of alkyl halides is 2. The van der Waals surface area contributed by atoms with Crippen molar-refractivity contribution < 1.29 is 31.1 Å². The molecule has 0 heterocycles. The fourth-order valence-corrected chi connectivity index (χ4v) is 6.11. The molecular weight excluding hydrogens is 489 g/mol. The summed E-state index contributed by atoms with van der Waals surface area (Å²) in [6.07, 6.45) is 0. The average molecular weight is 511 g/mol. The Morgan fingerprint density at radius 2 is 1.08 bits per heavy atom. The van der Waals surface area contributed by atoms with E-state index in [4.69, 9.17) is 4.74 Å². The molecule has 0 unspecified atom stereocenters. The van der Waals surface area contributed by atoms with Gasteiger partial charge in [0.2, 0.25) is 9.84 Å². The lowest BCUT2D eigenvalue weighted by atomic mass is 9.84. The van der Waals surface area contributed by atoms with E-state index in [1.807, 2.05) is 0 Å². The number of carbonyl (C=O) groups is 1. The van der Waals surface area contributed by atoms with Gasteiger partial charge in [-0.15, -0.1) is 0 Å². The maximum absolute atomic E-state index is 15.8. The second-order valence-electron chi connectivity index (χ2n) is 8.00. The first-order chi connectivity index (χ1) is 17.2. The number of hydrogen-bond donors (Lipinski definition) is 0. The molecular formula is C28H21F3O4S. The highest BCUT2D eigenvalue weighted by molar-refractivity contribution is 7.93. The molecule has 0 bridgehead atoms. The van der Waals surface area contributed by atoms with Crippen LogP contribution in [0.2, 0.25) is 0 Å². The molecule has 0 aliphatic carbocycles. The normalized spacial score (nSPS) is 12.2. The lowest BCUT2D eigenvalue weighted by Crippen LogP contribution is -2.49. The van der Waals surface area contributed by atoms with E-state index in [1.165, 1.54) is 84.9 Å². The summed E-state index contributed by atoms with van der Waals surface area (Å²) in [5, 5.41) is -4.52. The lowest BCUT2D eigenvalue weighted by molar-refractivity contribution is -0.00620. The number of sulfone groups is 1. The average Bonchev–Trinajstić information content (AvgIpc) is 2.90. The highest BCUT2D eigenvalue weighted by atomic mass is 32.2. The molecule has 4 aromatic rings. The van der Waals surface area contributed by atoms with Crippen molar-refractivity contribution in [3.05, 3.63) is 143 Å². The third-order valence-electron chi connectivity index (χ3n) is 5.79. The summed E-state index contributed by atoms with van der Waals surface area (Å²) in [6, 6.07) is 26.8. The smallest absolute Gasteiger partial charge is 0.380 e. The fraction of sp³-hybridized carbons (Fsp3) is 0.107. The summed E-state index contributed by atoms with van der Waals surface area (Å²) in [5.74, 6) is -1.74. The minimum Gasteiger partial charge on any atom is -0.454 e. The number of carbonyl (C=O) groups excluding carboxylic acids is 1. The summed E-state index contributed by atoms with van der Waals surface area (Å²) in [4.78, 5) is 12.3. The van der Waals surface area contributed by atoms with Crippen LogP contribution < -0.4 is 0 Å². The first-order valence-corrected chi connectivity index (χ1v) is 12.4. The largest absolute Gasteiger partial charge is 0.454 e. The molecule has 0 saturated heterocycles. The van der Waals surface area contributed by atoms with Crippen LogP contribution >= 0.6 is 0 Å². The molecule has 4 nitrogen and oxygen atoms in total. The van der Waals surface area contributed by atoms with Crippen molar-refractivity contribution in [1.29, 1.82) is 0 Å². The number of rotatable bonds is 8. The van der Waals surface area contributed by atoms with Crippen LogP contribution in [0.15, 0.2) is 115 Å². The molecule has 0 fully saturated rings. The van der Waals surface area contributed by atoms with Gasteiger partial charge in [-0.2, -0.15) is 8.78 Å². The molecule has 0 spiro atoms. The van der Waals surface area contributed by atoms with Crippen LogP contribution in [0.1, 0.15) is 27.0 Å². The SMILES string of the molecule is O=C(OCC(F)(F)S(=O)(=O)C(c1ccccc1)(c1ccccc1)c1ccc(F)cc1)c1ccccc1. The van der Waals surface area contributed by atoms with Crippen LogP contribution in [-0.4, -0.2) is 26.2 Å². The van der Waals surface area contributed by atoms with Gasteiger partial charge in [-0.3, -0.25) is 0 Å². The molecule has 184 valence electrons. The quantitative estimate of drug-likeness (QED) is 0.216. The van der Waals surface area contributed by atoms with Gasteiger partial charge in [-0.25, -0.2) is 17.6 Å². The van der Waals surface area contributed by atoms with Crippen molar-refractivity contribution in [2.24, 2.45) is 0 Å². The number of esters is 1. The van der Waals surface area contributed by atoms with E-state index in [-0.39, 0.29) is 22.3 Å². The number of benzene rings is 4. The van der Waals surface area contributed by atoms with E-state index >= 15 is 8.78 Å². The Bertz CT molecular complexity index is 1390. The van der Waals surface area contributed by atoms with Gasteiger partial charge in [0.15, 0.2) is 11.4 Å². The maximum atomic E-state index is 15.8. The molecule has 4 rings (SSSR count). The van der Waals surface area contributed by atoms with Gasteiger partial charge in [0.05, 0.1) is 5.56 Å². The Morgan fingerprint density at radius 1 is 0.667 bits per heavy atom. The van der Waals surface area contributed by atoms with E-state index < -0.39 is 38.2 Å². The summed E-state index contributed by atoms with van der Waals surface area (Å²) < 4.78 is 75.8. The van der Waals surface area contributed by atoms with Crippen LogP contribution in [0.25, 0.3) is 0 Å². The Labute approximate surface area is 206 Å². The summed E-state index contributed by atoms with van der Waals surface area (Å²) in [7, 11) is -5.55. The molecule has 0 radical (unpaired) electrons. The van der Waals surface area contributed by atoms with Crippen LogP contribution in [0, 0.1) is 5.82 Å². The molecule has 0 aliphatic heterocycles. The Morgan fingerprint density at radius 3 is 1.56 bits per heavy atom. The van der Waals surface area contributed by atoms with Gasteiger partial charge in [-0.05, 0) is 41.0 Å². The van der Waals surface area contributed by atoms with Crippen molar-refractivity contribution in [3.63, 3.8) is 0 Å². The summed E-state index contributed by atoms with van der Waals surface area (Å²) in [5.41, 5.74) is -0.0364. The van der Waals surface area contributed by atoms with E-state index in [2.05, 4.69) is 0 Å². The Hall–Kier alpha value is -3.91. The zero-order valence-electron chi connectivity index (χ0n) is 18.9. The van der Waals surface area contributed by atoms with Gasteiger partial charge < -0.3 is 4.74 Å². The third-order valence-corrected chi connectivity index (χ3v) is 8.21. The van der Waals surface area contributed by atoms with Crippen molar-refractivity contribution >= 4 is 15.8 Å². The zero-order chi connectivity index (χ0) is 25.8. The van der Waals surface area contributed by atoms with Crippen molar-refractivity contribution in [1.82, 2.24) is 0 Å². The molecule has 0 atom stereocenters. The van der Waals surface area contributed by atoms with E-state index in [0.29, 0.717) is 0 Å². The molecule has 8 heteroatoms. The van der Waals surface area contributed by atoms with Crippen molar-refractivity contribution in [2.75, 3.05) is 6.61 Å². The monoisotopic (exact) mass is 510 g/mol. The standard InChI is InChI=1S/C28H21F3O4S/c29-25-18-16-24(17-19-25)28(22-12-6-2-7-13-22,23-14-8-3-9-15-23)36(33,34)27(30,31)20-35-26(32)21-10-4-1-5-11-21/h1-19H,20H2. The topological polar surface area (TPSA) is 60.4 Å². The summed E-state index contributed by atoms with van der Waals surface area (Å²) in [6.45, 7) is -1.70. The molecule has 0 saturated carbocycles. The van der Waals surface area contributed by atoms with Crippen molar-refractivity contribution in [3.8, 4) is 0 Å². The maximum Gasteiger partial charge on any atom is 0.380 e. The molecule has 0 aliphatic rings. The predicted molar refractivity (Wildman–Crippen MR) is 130 cm³/mol. The number of ether oxygens (including phenoxy) is 1. The van der Waals surface area contributed by atoms with Crippen molar-refractivity contribution in [2.45, 2.75) is 10.0 Å². The number of halogens is 3. The van der Waals surface area contributed by atoms with E-state index in [1.54, 1.807) is 18.2 Å². The highest BCUT2D eigenvalue weighted by Gasteiger charge is 2.61. The van der Waals surface area contributed by atoms with Crippen LogP contribution in [0.4, 0.5) is 13.2 Å². The predicted octanol–water partition coefficient (Wildman–Crippen LogP) is 5.98. The fourth-order valence-electron chi connectivity index (χ4n) is 4.10. The number of hydrogen-bond acceptors (Lipinski definition) is 4. The van der Waals surface area contributed by atoms with Crippen LogP contribution in [0.3, 0.4) is 0 Å². The molecule has 4 aromatic carbocycles. The van der Waals surface area contributed by atoms with Crippen LogP contribution in [0.5, 0.6) is 0 Å². The Kier molecular flexibility index (Phi) is 6.99. The molecule has 0 amide bonds. The first-order valence-electron chi connectivity index (χ1n) is 10.9. The first kappa shape index (κ1) is 25.2. The van der Waals surface area contributed by atoms with E-state index in [0.717, 1.165) is 12.1 Å². The second kappa shape index (κ2) is 9.99. The lowest BCUT2D eigenvalue weighted by Gasteiger charge is -2.37. The Balaban J connectivity index is 1.90. The van der Waals surface area contributed by atoms with Gasteiger partial charge in [-0.1, -0.05) is 91.0 Å². The minimum absolute atomic E-state index is 0.00149. The van der Waals surface area contributed by atoms with Gasteiger partial charge in [0.25, 0.3) is 0 Å². The van der Waals surface area contributed by atoms with Gasteiger partial charge in [0, 0.05) is 0 Å². The van der Waals surface area contributed by atoms with Gasteiger partial charge >= 0.3 is 11.2 Å². The highest BCUT2D eigenvalue weighted by Crippen LogP contribution is 2.49. The minimum atomic E-state index is -5.55. The summed E-state index contributed by atoms with van der Waals surface area (Å²) >= 11 is 0. The molecule has 36 heavy (non-hydrogen) atoms. The zero-order valence-corrected chi connectivity index (χ0v) is 19.7. The second-order valence-corrected chi connectivity index (χ2v) is 10.2. The van der Waals surface area contributed by atoms with Crippen LogP contribution in [-0.2, 0) is 19.3 Å². The molecule has 0 aromatic heterocycles. The van der Waals surface area contributed by atoms with E-state index in [9.17, 15) is 17.6 Å². The van der Waals surface area contributed by atoms with Gasteiger partial charge in [0.1, 0.15) is 5.82 Å².